The van der Waals surface area contributed by atoms with Crippen LogP contribution in [0.1, 0.15) is 12.5 Å². The number of hydrogen-bond acceptors (Lipinski definition) is 2. The molecular formula is C13H11Br2NO. The van der Waals surface area contributed by atoms with Crippen LogP contribution in [0.5, 0.6) is 11.6 Å². The maximum atomic E-state index is 5.68. The SMILES string of the molecule is CCc1ccc(Oc2ncc(Br)cc2Br)cc1. The van der Waals surface area contributed by atoms with Gasteiger partial charge in [-0.1, -0.05) is 19.1 Å². The van der Waals surface area contributed by atoms with Crippen molar-refractivity contribution in [2.75, 3.05) is 0 Å². The van der Waals surface area contributed by atoms with E-state index in [2.05, 4.69) is 55.9 Å². The van der Waals surface area contributed by atoms with Crippen LogP contribution in [0.2, 0.25) is 0 Å². The molecule has 17 heavy (non-hydrogen) atoms. The lowest BCUT2D eigenvalue weighted by Crippen LogP contribution is -1.89. The van der Waals surface area contributed by atoms with Gasteiger partial charge in [-0.2, -0.15) is 0 Å². The van der Waals surface area contributed by atoms with E-state index in [4.69, 9.17) is 4.74 Å². The predicted molar refractivity (Wildman–Crippen MR) is 75.5 cm³/mol. The van der Waals surface area contributed by atoms with Crippen LogP contribution in [0.3, 0.4) is 0 Å². The van der Waals surface area contributed by atoms with E-state index < -0.39 is 0 Å². The van der Waals surface area contributed by atoms with E-state index in [1.807, 2.05) is 18.2 Å². The van der Waals surface area contributed by atoms with Crippen LogP contribution < -0.4 is 4.74 Å². The van der Waals surface area contributed by atoms with E-state index in [1.54, 1.807) is 6.20 Å². The van der Waals surface area contributed by atoms with Crippen LogP contribution in [-0.4, -0.2) is 4.98 Å². The molecule has 0 saturated heterocycles. The highest BCUT2D eigenvalue weighted by molar-refractivity contribution is 9.11. The Labute approximate surface area is 117 Å². The van der Waals surface area contributed by atoms with Gasteiger partial charge < -0.3 is 4.74 Å². The summed E-state index contributed by atoms with van der Waals surface area (Å²) in [6, 6.07) is 9.93. The van der Waals surface area contributed by atoms with Crippen molar-refractivity contribution in [2.24, 2.45) is 0 Å². The van der Waals surface area contributed by atoms with Crippen LogP contribution in [0, 0.1) is 0 Å². The summed E-state index contributed by atoms with van der Waals surface area (Å²) in [5, 5.41) is 0. The minimum absolute atomic E-state index is 0.567. The standard InChI is InChI=1S/C13H11Br2NO/c1-2-9-3-5-11(6-4-9)17-13-12(15)7-10(14)8-16-13/h3-8H,2H2,1H3. The molecule has 0 spiro atoms. The molecule has 0 amide bonds. The molecule has 0 fully saturated rings. The number of nitrogens with zero attached hydrogens (tertiary/aromatic N) is 1. The first-order valence-corrected chi connectivity index (χ1v) is 6.85. The average Bonchev–Trinajstić information content (AvgIpc) is 2.34. The van der Waals surface area contributed by atoms with Crippen molar-refractivity contribution < 1.29 is 4.74 Å². The number of hydrogen-bond donors (Lipinski definition) is 0. The van der Waals surface area contributed by atoms with Crippen molar-refractivity contribution in [3.05, 3.63) is 51.0 Å². The monoisotopic (exact) mass is 355 g/mol. The van der Waals surface area contributed by atoms with Gasteiger partial charge in [-0.3, -0.25) is 0 Å². The van der Waals surface area contributed by atoms with Gasteiger partial charge in [0.25, 0.3) is 0 Å². The van der Waals surface area contributed by atoms with Gasteiger partial charge in [-0.05, 0) is 62.0 Å². The largest absolute Gasteiger partial charge is 0.438 e. The van der Waals surface area contributed by atoms with Crippen LogP contribution in [0.4, 0.5) is 0 Å². The molecule has 1 aromatic carbocycles. The summed E-state index contributed by atoms with van der Waals surface area (Å²) in [4.78, 5) is 4.20. The summed E-state index contributed by atoms with van der Waals surface area (Å²) in [6.07, 6.45) is 2.74. The fourth-order valence-corrected chi connectivity index (χ4v) is 2.45. The van der Waals surface area contributed by atoms with Crippen LogP contribution in [0.25, 0.3) is 0 Å². The molecule has 0 N–H and O–H groups in total. The van der Waals surface area contributed by atoms with Gasteiger partial charge in [0.1, 0.15) is 5.75 Å². The first kappa shape index (κ1) is 12.6. The Morgan fingerprint density at radius 2 is 1.88 bits per heavy atom. The highest BCUT2D eigenvalue weighted by atomic mass is 79.9. The molecular weight excluding hydrogens is 346 g/mol. The van der Waals surface area contributed by atoms with Gasteiger partial charge in [0.2, 0.25) is 5.88 Å². The zero-order valence-corrected chi connectivity index (χ0v) is 12.5. The van der Waals surface area contributed by atoms with Crippen molar-refractivity contribution in [3.8, 4) is 11.6 Å². The van der Waals surface area contributed by atoms with E-state index in [0.717, 1.165) is 21.1 Å². The minimum atomic E-state index is 0.567. The van der Waals surface area contributed by atoms with Gasteiger partial charge in [-0.25, -0.2) is 4.98 Å². The Bertz CT molecular complexity index is 511. The second-order valence-electron chi connectivity index (χ2n) is 3.54. The molecule has 0 aliphatic rings. The molecule has 2 rings (SSSR count). The molecule has 2 aromatic rings. The molecule has 2 nitrogen and oxygen atoms in total. The molecule has 0 saturated carbocycles. The van der Waals surface area contributed by atoms with Crippen LogP contribution >= 0.6 is 31.9 Å². The lowest BCUT2D eigenvalue weighted by atomic mass is 10.2. The molecule has 0 bridgehead atoms. The maximum Gasteiger partial charge on any atom is 0.233 e. The zero-order valence-electron chi connectivity index (χ0n) is 9.28. The van der Waals surface area contributed by atoms with Crippen molar-refractivity contribution in [2.45, 2.75) is 13.3 Å². The molecule has 0 atom stereocenters. The van der Waals surface area contributed by atoms with Gasteiger partial charge in [0.15, 0.2) is 0 Å². The fraction of sp³-hybridized carbons (Fsp3) is 0.154. The highest BCUT2D eigenvalue weighted by Crippen LogP contribution is 2.29. The van der Waals surface area contributed by atoms with Crippen LogP contribution in [-0.2, 0) is 6.42 Å². The molecule has 1 heterocycles. The molecule has 1 aromatic heterocycles. The minimum Gasteiger partial charge on any atom is -0.438 e. The van der Waals surface area contributed by atoms with Crippen LogP contribution in [0.15, 0.2) is 45.5 Å². The van der Waals surface area contributed by atoms with Gasteiger partial charge in [-0.15, -0.1) is 0 Å². The number of benzene rings is 1. The Balaban J connectivity index is 2.19. The average molecular weight is 357 g/mol. The van der Waals surface area contributed by atoms with Crippen molar-refractivity contribution in [3.63, 3.8) is 0 Å². The zero-order chi connectivity index (χ0) is 12.3. The number of rotatable bonds is 3. The van der Waals surface area contributed by atoms with E-state index in [9.17, 15) is 0 Å². The lowest BCUT2D eigenvalue weighted by Gasteiger charge is -2.07. The third kappa shape index (κ3) is 3.30. The quantitative estimate of drug-likeness (QED) is 0.775. The Hall–Kier alpha value is -0.870. The third-order valence-corrected chi connectivity index (χ3v) is 3.32. The lowest BCUT2D eigenvalue weighted by molar-refractivity contribution is 0.459. The predicted octanol–water partition coefficient (Wildman–Crippen LogP) is 4.96. The van der Waals surface area contributed by atoms with Gasteiger partial charge in [0, 0.05) is 10.7 Å². The summed E-state index contributed by atoms with van der Waals surface area (Å²) in [5.74, 6) is 1.36. The van der Waals surface area contributed by atoms with Gasteiger partial charge >= 0.3 is 0 Å². The number of aromatic nitrogens is 1. The summed E-state index contributed by atoms with van der Waals surface area (Å²) >= 11 is 6.77. The normalized spacial score (nSPS) is 10.3. The topological polar surface area (TPSA) is 22.1 Å². The third-order valence-electron chi connectivity index (χ3n) is 2.32. The first-order chi connectivity index (χ1) is 8.19. The number of pyridine rings is 1. The molecule has 0 radical (unpaired) electrons. The summed E-state index contributed by atoms with van der Waals surface area (Å²) in [7, 11) is 0. The van der Waals surface area contributed by atoms with Crippen molar-refractivity contribution in [1.29, 1.82) is 0 Å². The molecule has 0 aliphatic carbocycles. The Kier molecular flexibility index (Phi) is 4.18. The number of ether oxygens (including phenoxy) is 1. The first-order valence-electron chi connectivity index (χ1n) is 5.27. The fourth-order valence-electron chi connectivity index (χ4n) is 1.38. The van der Waals surface area contributed by atoms with E-state index in [1.165, 1.54) is 5.56 Å². The maximum absolute atomic E-state index is 5.68. The summed E-state index contributed by atoms with van der Waals surface area (Å²) in [5.41, 5.74) is 1.29. The summed E-state index contributed by atoms with van der Waals surface area (Å²) in [6.45, 7) is 2.13. The number of aryl methyl sites for hydroxylation is 1. The number of halogens is 2. The highest BCUT2D eigenvalue weighted by Gasteiger charge is 2.04. The molecule has 88 valence electrons. The molecule has 4 heteroatoms. The van der Waals surface area contributed by atoms with E-state index in [0.29, 0.717) is 5.88 Å². The Morgan fingerprint density at radius 1 is 1.18 bits per heavy atom. The van der Waals surface area contributed by atoms with Crippen molar-refractivity contribution in [1.82, 2.24) is 4.98 Å². The second kappa shape index (κ2) is 5.65. The van der Waals surface area contributed by atoms with E-state index >= 15 is 0 Å². The summed E-state index contributed by atoms with van der Waals surface area (Å²) < 4.78 is 7.43. The molecule has 0 aliphatic heterocycles. The smallest absolute Gasteiger partial charge is 0.233 e. The Morgan fingerprint density at radius 3 is 2.47 bits per heavy atom. The molecule has 0 unspecified atom stereocenters. The van der Waals surface area contributed by atoms with Gasteiger partial charge in [0.05, 0.1) is 4.47 Å². The van der Waals surface area contributed by atoms with Crippen molar-refractivity contribution >= 4 is 31.9 Å². The second-order valence-corrected chi connectivity index (χ2v) is 5.31. The van der Waals surface area contributed by atoms with E-state index in [-0.39, 0.29) is 0 Å².